The number of benzene rings is 4. The molecular weight excluding hydrogens is 1050 g/mol. The number of phenolic OH excluding ortho intramolecular Hbond substituents is 1. The molecule has 5 heterocycles. The van der Waals surface area contributed by atoms with E-state index in [2.05, 4.69) is 20.6 Å². The second-order valence-corrected chi connectivity index (χ2v) is 23.6. The zero-order valence-electron chi connectivity index (χ0n) is 43.4. The van der Waals surface area contributed by atoms with Gasteiger partial charge in [0, 0.05) is 31.0 Å². The summed E-state index contributed by atoms with van der Waals surface area (Å²) in [6.45, 7) is 6.43. The highest BCUT2D eigenvalue weighted by Gasteiger charge is 2.55. The number of rotatable bonds is 19. The molecule has 0 radical (unpaired) electrons. The topological polar surface area (TPSA) is 215 Å². The number of aryl methyl sites for hydroxylation is 1. The van der Waals surface area contributed by atoms with Crippen LogP contribution in [-0.2, 0) is 33.9 Å². The van der Waals surface area contributed by atoms with Crippen molar-refractivity contribution in [1.82, 2.24) is 30.1 Å². The van der Waals surface area contributed by atoms with Gasteiger partial charge in [0.1, 0.15) is 54.7 Å². The van der Waals surface area contributed by atoms with Gasteiger partial charge in [-0.25, -0.2) is 18.4 Å². The Morgan fingerprint density at radius 2 is 1.56 bits per heavy atom. The van der Waals surface area contributed by atoms with E-state index in [1.165, 1.54) is 52.6 Å². The Hall–Kier alpha value is -7.11. The highest BCUT2D eigenvalue weighted by Crippen LogP contribution is 2.52. The summed E-state index contributed by atoms with van der Waals surface area (Å²) in [5.41, 5.74) is 6.76. The van der Waals surface area contributed by atoms with Gasteiger partial charge in [-0.05, 0) is 108 Å². The first-order valence-corrected chi connectivity index (χ1v) is 27.7. The van der Waals surface area contributed by atoms with Crippen molar-refractivity contribution < 1.29 is 60.4 Å². The number of aromatic hydroxyl groups is 1. The van der Waals surface area contributed by atoms with Crippen molar-refractivity contribution in [1.29, 1.82) is 0 Å². The smallest absolute Gasteiger partial charge is 0.407 e. The first-order valence-electron chi connectivity index (χ1n) is 25.3. The molecular formula is C56H60F3N7O10S2. The minimum Gasteiger partial charge on any atom is -0.508 e. The van der Waals surface area contributed by atoms with E-state index in [9.17, 15) is 46.2 Å². The maximum Gasteiger partial charge on any atom is 0.407 e. The Balaban J connectivity index is 0.803. The molecule has 3 unspecified atom stereocenters. The number of anilines is 1. The second-order valence-electron chi connectivity index (χ2n) is 20.7. The molecule has 3 aliphatic heterocycles. The monoisotopic (exact) mass is 1110 g/mol. The summed E-state index contributed by atoms with van der Waals surface area (Å²) >= 11 is 1.54. The summed E-state index contributed by atoms with van der Waals surface area (Å²) in [6, 6.07) is 24.0. The Bertz CT molecular complexity index is 3240. The molecule has 6 aromatic rings. The van der Waals surface area contributed by atoms with Crippen LogP contribution in [0.2, 0.25) is 0 Å². The summed E-state index contributed by atoms with van der Waals surface area (Å²) in [6.07, 6.45) is -2.87. The lowest BCUT2D eigenvalue weighted by Crippen LogP contribution is -2.58. The van der Waals surface area contributed by atoms with Crippen LogP contribution in [0, 0.1) is 12.3 Å². The summed E-state index contributed by atoms with van der Waals surface area (Å²) in [4.78, 5) is 51.9. The number of hydrogen-bond donors (Lipinski definition) is 4. The molecule has 3 aliphatic rings. The molecule has 2 saturated heterocycles. The molecule has 2 aromatic heterocycles. The summed E-state index contributed by atoms with van der Waals surface area (Å²) in [7, 11) is -4.77. The number of carbonyl (C=O) groups is 3. The van der Waals surface area contributed by atoms with Gasteiger partial charge >= 0.3 is 6.18 Å². The van der Waals surface area contributed by atoms with Crippen LogP contribution in [0.15, 0.2) is 121 Å². The number of ether oxygens (including phenoxy) is 3. The fraction of sp³-hybridized carbons (Fsp3) is 0.375. The van der Waals surface area contributed by atoms with E-state index < -0.39 is 94.2 Å². The van der Waals surface area contributed by atoms with E-state index in [1.807, 2.05) is 50.2 Å². The predicted molar refractivity (Wildman–Crippen MR) is 287 cm³/mol. The molecule has 4 aromatic carbocycles. The van der Waals surface area contributed by atoms with Crippen LogP contribution in [0.1, 0.15) is 69.0 Å². The number of fused-ring (bicyclic) bond motifs is 2. The van der Waals surface area contributed by atoms with Crippen LogP contribution >= 0.6 is 11.3 Å². The highest BCUT2D eigenvalue weighted by molar-refractivity contribution is 7.93. The predicted octanol–water partition coefficient (Wildman–Crippen LogP) is 7.62. The fourth-order valence-corrected chi connectivity index (χ4v) is 13.0. The number of aliphatic hydroxyl groups excluding tert-OH is 1. The number of alkyl halides is 3. The maximum absolute atomic E-state index is 14.6. The lowest BCUT2D eigenvalue weighted by Gasteiger charge is -2.35. The van der Waals surface area contributed by atoms with Gasteiger partial charge in [-0.1, -0.05) is 69.3 Å². The fourth-order valence-electron chi connectivity index (χ4n) is 10.2. The standard InChI is InChI=1S/C56H60F3N7O10S2/c1-33(35-6-8-38(9-7-35)51-34(2)61-32-77-51)62-53(70)44-26-42(68)28-65(44)54(71)52(55(3,4)5)63-47(69)29-74-24-25-75-43-20-16-40(17-21-43)66(30-56(57,58)59)78(72,73)46-27-45-48(36-12-18-41(67)19-13-36)49(50(46)76-45)37-10-14-39(15-11-37)64-23-22-60-31-64/h6-23,31-33,42,44-46,50,52,67-68H,24-30H2,1-5H3,(H,62,70)(H,63,69)/t33-,42+,44-,45?,46?,50?,52+/m0/s1. The van der Waals surface area contributed by atoms with Crippen LogP contribution in [0.25, 0.3) is 27.3 Å². The Morgan fingerprint density at radius 1 is 0.897 bits per heavy atom. The van der Waals surface area contributed by atoms with Crippen LogP contribution in [0.4, 0.5) is 18.9 Å². The molecule has 3 amide bonds. The third-order valence-electron chi connectivity index (χ3n) is 14.1. The maximum atomic E-state index is 14.6. The minimum absolute atomic E-state index is 0.0142. The number of aliphatic hydroxyl groups is 1. The number of aromatic nitrogens is 3. The number of likely N-dealkylation sites (tertiary alicyclic amines) is 1. The summed E-state index contributed by atoms with van der Waals surface area (Å²) in [5, 5.41) is 25.0. The van der Waals surface area contributed by atoms with Gasteiger partial charge < -0.3 is 44.5 Å². The zero-order valence-corrected chi connectivity index (χ0v) is 45.0. The van der Waals surface area contributed by atoms with Crippen molar-refractivity contribution in [2.24, 2.45) is 5.41 Å². The minimum atomic E-state index is -4.92. The highest BCUT2D eigenvalue weighted by atomic mass is 32.2. The van der Waals surface area contributed by atoms with Gasteiger partial charge in [0.2, 0.25) is 27.7 Å². The van der Waals surface area contributed by atoms with Crippen molar-refractivity contribution in [3.63, 3.8) is 0 Å². The first-order chi connectivity index (χ1) is 37.0. The van der Waals surface area contributed by atoms with Crippen LogP contribution in [-0.4, -0.2) is 131 Å². The Morgan fingerprint density at radius 3 is 2.19 bits per heavy atom. The van der Waals surface area contributed by atoms with E-state index >= 15 is 0 Å². The Kier molecular flexibility index (Phi) is 16.2. The number of hydrogen-bond acceptors (Lipinski definition) is 13. The van der Waals surface area contributed by atoms with E-state index in [0.717, 1.165) is 27.4 Å². The van der Waals surface area contributed by atoms with Crippen molar-refractivity contribution in [3.05, 3.63) is 144 Å². The van der Waals surface area contributed by atoms with Crippen molar-refractivity contribution >= 4 is 55.9 Å². The molecule has 78 heavy (non-hydrogen) atoms. The molecule has 7 atom stereocenters. The number of nitrogens with zero attached hydrogens (tertiary/aromatic N) is 5. The van der Waals surface area contributed by atoms with Gasteiger partial charge in [-0.3, -0.25) is 18.7 Å². The molecule has 4 N–H and O–H groups in total. The van der Waals surface area contributed by atoms with Crippen molar-refractivity contribution in [2.45, 2.75) is 95.3 Å². The lowest BCUT2D eigenvalue weighted by atomic mass is 9.83. The second kappa shape index (κ2) is 22.7. The van der Waals surface area contributed by atoms with Crippen LogP contribution in [0.5, 0.6) is 11.5 Å². The molecule has 0 saturated carbocycles. The van der Waals surface area contributed by atoms with Gasteiger partial charge in [0.15, 0.2) is 0 Å². The van der Waals surface area contributed by atoms with Gasteiger partial charge in [0.05, 0.1) is 53.0 Å². The van der Waals surface area contributed by atoms with E-state index in [-0.39, 0.29) is 49.8 Å². The third kappa shape index (κ3) is 12.3. The SMILES string of the molecule is Cc1ncsc1-c1ccc([C@H](C)NC(=O)[C@@H]2C[C@@H](O)CN2C(=O)[C@@H](NC(=O)COCCOc2ccc(N(CC(F)(F)F)S(=O)(=O)C3CC4OC3C(c3ccc(-n5ccnc5)cc3)=C4c3ccc(O)cc3)cc2)C(C)(C)C)cc1. The number of carbonyl (C=O) groups excluding carboxylic acids is 3. The number of β-amino-alcohol motifs (C(OH)–C–C–N with tert-alkyl or cyclic N) is 1. The third-order valence-corrected chi connectivity index (χ3v) is 17.2. The number of halogens is 3. The molecule has 412 valence electrons. The van der Waals surface area contributed by atoms with E-state index in [0.29, 0.717) is 26.6 Å². The lowest BCUT2D eigenvalue weighted by molar-refractivity contribution is -0.144. The van der Waals surface area contributed by atoms with E-state index in [4.69, 9.17) is 14.2 Å². The average Bonchev–Trinajstić information content (AvgIpc) is 4.42. The van der Waals surface area contributed by atoms with Crippen LogP contribution < -0.4 is 19.7 Å². The first kappa shape index (κ1) is 55.6. The average molecular weight is 1110 g/mol. The number of sulfonamides is 1. The van der Waals surface area contributed by atoms with Crippen molar-refractivity contribution in [2.75, 3.05) is 37.2 Å². The molecule has 0 spiro atoms. The molecule has 2 bridgehead atoms. The number of thiazole rings is 1. The number of nitrogens with one attached hydrogen (secondary N) is 2. The summed E-state index contributed by atoms with van der Waals surface area (Å²) < 4.78 is 92.0. The molecule has 0 aliphatic carbocycles. The molecule has 22 heteroatoms. The molecule has 17 nitrogen and oxygen atoms in total. The summed E-state index contributed by atoms with van der Waals surface area (Å²) in [5.74, 6) is -1.41. The number of phenols is 1. The van der Waals surface area contributed by atoms with Crippen LogP contribution in [0.3, 0.4) is 0 Å². The van der Waals surface area contributed by atoms with Crippen molar-refractivity contribution in [3.8, 4) is 27.6 Å². The molecule has 9 rings (SSSR count). The van der Waals surface area contributed by atoms with Gasteiger partial charge in [-0.2, -0.15) is 13.2 Å². The Labute approximate surface area is 453 Å². The normalized spacial score (nSPS) is 20.2. The quantitative estimate of drug-likeness (QED) is 0.0577. The van der Waals surface area contributed by atoms with Gasteiger partial charge in [-0.15, -0.1) is 11.3 Å². The largest absolute Gasteiger partial charge is 0.508 e. The molecule has 2 fully saturated rings. The van der Waals surface area contributed by atoms with E-state index in [1.54, 1.807) is 73.8 Å². The number of amides is 3. The number of imidazole rings is 1. The van der Waals surface area contributed by atoms with Gasteiger partial charge in [0.25, 0.3) is 0 Å². The zero-order chi connectivity index (χ0) is 55.7.